The second-order valence-corrected chi connectivity index (χ2v) is 29.2. The van der Waals surface area contributed by atoms with E-state index in [0.717, 1.165) is 38.5 Å². The minimum Gasteiger partial charge on any atom is -0.394 e. The van der Waals surface area contributed by atoms with E-state index < -0.39 is 124 Å². The highest BCUT2D eigenvalue weighted by Gasteiger charge is 2.54. The molecule has 17 atom stereocenters. The Morgan fingerprint density at radius 3 is 1.02 bits per heavy atom. The van der Waals surface area contributed by atoms with Gasteiger partial charge in [0.05, 0.1) is 38.6 Å². The van der Waals surface area contributed by atoms with Crippen molar-refractivity contribution in [3.63, 3.8) is 0 Å². The molecular weight excluding hydrogens is 1250 g/mol. The smallest absolute Gasteiger partial charge is 0.220 e. The Morgan fingerprint density at radius 2 is 0.653 bits per heavy atom. The lowest BCUT2D eigenvalue weighted by Crippen LogP contribution is -2.66. The number of rotatable bonds is 65. The van der Waals surface area contributed by atoms with Gasteiger partial charge in [-0.05, 0) is 32.1 Å². The summed E-state index contributed by atoms with van der Waals surface area (Å²) in [5.41, 5.74) is 0. The van der Waals surface area contributed by atoms with Crippen LogP contribution in [0.15, 0.2) is 24.3 Å². The molecule has 98 heavy (non-hydrogen) atoms. The molecule has 578 valence electrons. The molecule has 1 amide bonds. The van der Waals surface area contributed by atoms with Gasteiger partial charge < -0.3 is 89.9 Å². The van der Waals surface area contributed by atoms with Crippen molar-refractivity contribution in [3.05, 3.63) is 24.3 Å². The summed E-state index contributed by atoms with van der Waals surface area (Å²) in [5, 5.41) is 121. The van der Waals surface area contributed by atoms with Crippen LogP contribution in [0.4, 0.5) is 0 Å². The molecule has 3 aliphatic rings. The maximum absolute atomic E-state index is 13.5. The average molecular weight is 1400 g/mol. The second kappa shape index (κ2) is 60.5. The summed E-state index contributed by atoms with van der Waals surface area (Å²) in [6, 6.07) is -0.988. The first-order valence-corrected chi connectivity index (χ1v) is 40.6. The molecule has 3 aliphatic heterocycles. The van der Waals surface area contributed by atoms with Crippen molar-refractivity contribution in [2.24, 2.45) is 0 Å². The van der Waals surface area contributed by atoms with E-state index in [1.807, 2.05) is 6.08 Å². The van der Waals surface area contributed by atoms with Gasteiger partial charge in [-0.25, -0.2) is 0 Å². The number of nitrogens with one attached hydrogen (secondary N) is 1. The van der Waals surface area contributed by atoms with Crippen LogP contribution in [0.2, 0.25) is 0 Å². The van der Waals surface area contributed by atoms with Crippen LogP contribution in [-0.4, -0.2) is 193 Å². The third-order valence-corrected chi connectivity index (χ3v) is 20.5. The van der Waals surface area contributed by atoms with E-state index in [1.54, 1.807) is 6.08 Å². The number of hydrogen-bond acceptors (Lipinski definition) is 18. The van der Waals surface area contributed by atoms with Crippen molar-refractivity contribution < 1.29 is 89.4 Å². The largest absolute Gasteiger partial charge is 0.394 e. The van der Waals surface area contributed by atoms with Crippen LogP contribution in [0.5, 0.6) is 0 Å². The summed E-state index contributed by atoms with van der Waals surface area (Å²) in [4.78, 5) is 13.5. The Labute approximate surface area is 594 Å². The molecule has 0 aromatic rings. The van der Waals surface area contributed by atoms with Gasteiger partial charge in [0.1, 0.15) is 73.2 Å². The van der Waals surface area contributed by atoms with E-state index in [9.17, 15) is 61.0 Å². The SMILES string of the molecule is CCCCCCCCCCCCCCCCCCCCCCCC/C=C/CC/C=C/C(O)C(COC1OC(CO)C(OC2OC(CO)C(OC3OC(CO)C(O)C(O)C3O)C(O)C2O)C(O)C1O)NC(=O)CCCCCCCCCCCCCCCCCCCCCCCCCCC. The summed E-state index contributed by atoms with van der Waals surface area (Å²) < 4.78 is 34.4. The number of hydrogen-bond donors (Lipinski definition) is 12. The van der Waals surface area contributed by atoms with Crippen molar-refractivity contribution in [2.45, 2.75) is 446 Å². The van der Waals surface area contributed by atoms with Crippen molar-refractivity contribution >= 4 is 5.91 Å². The lowest BCUT2D eigenvalue weighted by atomic mass is 9.96. The fourth-order valence-electron chi connectivity index (χ4n) is 14.0. The lowest BCUT2D eigenvalue weighted by Gasteiger charge is -2.48. The van der Waals surface area contributed by atoms with Gasteiger partial charge in [0.15, 0.2) is 18.9 Å². The van der Waals surface area contributed by atoms with E-state index >= 15 is 0 Å². The van der Waals surface area contributed by atoms with Crippen LogP contribution in [0.25, 0.3) is 0 Å². The predicted molar refractivity (Wildman–Crippen MR) is 388 cm³/mol. The Morgan fingerprint density at radius 1 is 0.357 bits per heavy atom. The number of aliphatic hydroxyl groups is 11. The fourth-order valence-corrected chi connectivity index (χ4v) is 14.0. The molecule has 0 aliphatic carbocycles. The molecule has 19 nitrogen and oxygen atoms in total. The van der Waals surface area contributed by atoms with Crippen LogP contribution in [0, 0.1) is 0 Å². The molecule has 3 saturated heterocycles. The zero-order chi connectivity index (χ0) is 71.1. The van der Waals surface area contributed by atoms with Gasteiger partial charge in [-0.1, -0.05) is 327 Å². The maximum Gasteiger partial charge on any atom is 0.220 e. The standard InChI is InChI=1S/C79H149NO18/c1-3-5-7-9-11-13-15-17-19-21-23-25-27-29-30-31-33-34-36-38-40-42-44-46-48-50-52-54-56-63(84)62(80-67(85)57-55-53-51-49-47-45-43-41-39-37-35-32-28-26-24-22-20-18-16-14-12-10-8-6-4-2)61-93-77-73(91)70(88)75(65(59-82)95-77)98-79-74(92)71(89)76(66(60-83)96-79)97-78-72(90)69(87)68(86)64(58-81)94-78/h46,48,54,56,62-66,68-79,81-84,86-92H,3-45,47,49-53,55,57-61H2,1-2H3,(H,80,85)/b48-46+,56-54+. The van der Waals surface area contributed by atoms with Crippen molar-refractivity contribution in [1.29, 1.82) is 0 Å². The van der Waals surface area contributed by atoms with Crippen molar-refractivity contribution in [1.82, 2.24) is 5.32 Å². The number of ether oxygens (including phenoxy) is 6. The lowest BCUT2D eigenvalue weighted by molar-refractivity contribution is -0.379. The highest BCUT2D eigenvalue weighted by Crippen LogP contribution is 2.33. The number of carbonyl (C=O) groups is 1. The first-order valence-electron chi connectivity index (χ1n) is 40.6. The first kappa shape index (κ1) is 90.5. The van der Waals surface area contributed by atoms with Gasteiger partial charge in [0, 0.05) is 6.42 Å². The van der Waals surface area contributed by atoms with Gasteiger partial charge in [-0.2, -0.15) is 0 Å². The van der Waals surface area contributed by atoms with Crippen LogP contribution in [0.1, 0.15) is 341 Å². The number of amides is 1. The topological polar surface area (TPSA) is 307 Å². The van der Waals surface area contributed by atoms with E-state index in [2.05, 4.69) is 31.3 Å². The highest BCUT2D eigenvalue weighted by molar-refractivity contribution is 5.76. The quantitative estimate of drug-likeness (QED) is 0.0199. The molecule has 0 saturated carbocycles. The van der Waals surface area contributed by atoms with Gasteiger partial charge in [-0.15, -0.1) is 0 Å². The second-order valence-electron chi connectivity index (χ2n) is 29.2. The van der Waals surface area contributed by atoms with Crippen molar-refractivity contribution in [3.8, 4) is 0 Å². The van der Waals surface area contributed by atoms with Crippen LogP contribution < -0.4 is 5.32 Å². The Balaban J connectivity index is 1.39. The maximum atomic E-state index is 13.5. The molecular formula is C79H149NO18. The molecule has 3 fully saturated rings. The van der Waals surface area contributed by atoms with E-state index in [1.165, 1.54) is 270 Å². The zero-order valence-electron chi connectivity index (χ0n) is 61.8. The van der Waals surface area contributed by atoms with Gasteiger partial charge >= 0.3 is 0 Å². The van der Waals surface area contributed by atoms with E-state index in [-0.39, 0.29) is 18.9 Å². The molecule has 19 heteroatoms. The van der Waals surface area contributed by atoms with E-state index in [0.29, 0.717) is 12.8 Å². The molecule has 12 N–H and O–H groups in total. The summed E-state index contributed by atoms with van der Waals surface area (Å²) in [7, 11) is 0. The number of aliphatic hydroxyl groups excluding tert-OH is 11. The van der Waals surface area contributed by atoms with Crippen LogP contribution in [-0.2, 0) is 33.2 Å². The molecule has 17 unspecified atom stereocenters. The molecule has 0 bridgehead atoms. The van der Waals surface area contributed by atoms with Crippen molar-refractivity contribution in [2.75, 3.05) is 26.4 Å². The van der Waals surface area contributed by atoms with Crippen LogP contribution in [0.3, 0.4) is 0 Å². The monoisotopic (exact) mass is 1400 g/mol. The van der Waals surface area contributed by atoms with Crippen LogP contribution >= 0.6 is 0 Å². The minimum absolute atomic E-state index is 0.241. The molecule has 0 radical (unpaired) electrons. The van der Waals surface area contributed by atoms with Gasteiger partial charge in [0.2, 0.25) is 5.91 Å². The Hall–Kier alpha value is -1.73. The Kier molecular flexibility index (Phi) is 55.9. The number of carbonyl (C=O) groups excluding carboxylic acids is 1. The molecule has 0 spiro atoms. The minimum atomic E-state index is -1.98. The first-order chi connectivity index (χ1) is 47.8. The molecule has 0 aromatic carbocycles. The van der Waals surface area contributed by atoms with E-state index in [4.69, 9.17) is 28.4 Å². The summed E-state index contributed by atoms with van der Waals surface area (Å²) in [5.74, 6) is -0.277. The third kappa shape index (κ3) is 40.5. The molecule has 3 heterocycles. The summed E-state index contributed by atoms with van der Waals surface area (Å²) >= 11 is 0. The predicted octanol–water partition coefficient (Wildman–Crippen LogP) is 13.3. The summed E-state index contributed by atoms with van der Waals surface area (Å²) in [6.45, 7) is 1.78. The third-order valence-electron chi connectivity index (χ3n) is 20.5. The molecule has 0 aromatic heterocycles. The van der Waals surface area contributed by atoms with Gasteiger partial charge in [-0.3, -0.25) is 4.79 Å². The number of unbranched alkanes of at least 4 members (excludes halogenated alkanes) is 47. The normalized spacial score (nSPS) is 26.8. The highest BCUT2D eigenvalue weighted by atomic mass is 16.8. The molecule has 3 rings (SSSR count). The summed E-state index contributed by atoms with van der Waals surface area (Å²) in [6.07, 6.45) is 46.0. The number of allylic oxidation sites excluding steroid dienone is 3. The Bertz CT molecular complexity index is 1870. The zero-order valence-corrected chi connectivity index (χ0v) is 61.8. The van der Waals surface area contributed by atoms with Gasteiger partial charge in [0.25, 0.3) is 0 Å². The average Bonchev–Trinajstić information content (AvgIpc) is 0.785. The fraction of sp³-hybridized carbons (Fsp3) is 0.937.